The standard InChI is InChI=1S/C16H19N7O/c17-8-12(9-18)11-7-14-13(19-10-11)3-4-15(20-14)21-16(24)22-23-5-1-2-6-23/h3-4,7-10,17H,1-2,5-6,18H2,(H2,20,21,22,24)/b12-9+,17-8?. The van der Waals surface area contributed by atoms with Gasteiger partial charge in [-0.25, -0.2) is 14.8 Å². The van der Waals surface area contributed by atoms with Gasteiger partial charge in [0.05, 0.1) is 11.0 Å². The minimum Gasteiger partial charge on any atom is -0.404 e. The van der Waals surface area contributed by atoms with Crippen molar-refractivity contribution < 1.29 is 4.79 Å². The number of hydrogen-bond acceptors (Lipinski definition) is 6. The first-order valence-corrected chi connectivity index (χ1v) is 7.72. The molecule has 0 atom stereocenters. The van der Waals surface area contributed by atoms with Crippen molar-refractivity contribution in [3.63, 3.8) is 0 Å². The van der Waals surface area contributed by atoms with Crippen molar-refractivity contribution in [3.05, 3.63) is 36.2 Å². The van der Waals surface area contributed by atoms with E-state index in [1.165, 1.54) is 6.20 Å². The average molecular weight is 325 g/mol. The van der Waals surface area contributed by atoms with Gasteiger partial charge in [0.1, 0.15) is 5.82 Å². The number of allylic oxidation sites excluding steroid dienone is 1. The number of amides is 2. The van der Waals surface area contributed by atoms with E-state index >= 15 is 0 Å². The SMILES string of the molecule is N=C/C(=C\N)c1cnc2ccc(NC(=O)NN3CCCC3)nc2c1. The molecular weight excluding hydrogens is 306 g/mol. The van der Waals surface area contributed by atoms with E-state index in [0.29, 0.717) is 28.0 Å². The Balaban J connectivity index is 1.78. The molecule has 1 aliphatic heterocycles. The molecule has 2 amide bonds. The third kappa shape index (κ3) is 3.49. The summed E-state index contributed by atoms with van der Waals surface area (Å²) in [6.07, 6.45) is 6.33. The van der Waals surface area contributed by atoms with Gasteiger partial charge in [-0.1, -0.05) is 0 Å². The van der Waals surface area contributed by atoms with Gasteiger partial charge in [-0.15, -0.1) is 0 Å². The maximum absolute atomic E-state index is 12.0. The molecule has 1 fully saturated rings. The van der Waals surface area contributed by atoms with Crippen molar-refractivity contribution in [2.24, 2.45) is 5.73 Å². The molecule has 8 heteroatoms. The first kappa shape index (κ1) is 15.9. The van der Waals surface area contributed by atoms with Crippen LogP contribution in [0.15, 0.2) is 30.6 Å². The molecule has 0 spiro atoms. The molecule has 3 rings (SSSR count). The molecule has 0 unspecified atom stereocenters. The smallest absolute Gasteiger partial charge is 0.334 e. The first-order valence-electron chi connectivity index (χ1n) is 7.72. The molecule has 2 aromatic heterocycles. The van der Waals surface area contributed by atoms with Crippen LogP contribution in [-0.4, -0.2) is 40.3 Å². The summed E-state index contributed by atoms with van der Waals surface area (Å²) in [6, 6.07) is 4.97. The topological polar surface area (TPSA) is 120 Å². The lowest BCUT2D eigenvalue weighted by Gasteiger charge is -2.16. The summed E-state index contributed by atoms with van der Waals surface area (Å²) in [7, 11) is 0. The maximum Gasteiger partial charge on any atom is 0.334 e. The maximum atomic E-state index is 12.0. The quantitative estimate of drug-likeness (QED) is 0.638. The Bertz CT molecular complexity index is 796. The second-order valence-corrected chi connectivity index (χ2v) is 5.49. The Hall–Kier alpha value is -3.00. The zero-order chi connectivity index (χ0) is 16.9. The van der Waals surface area contributed by atoms with Crippen molar-refractivity contribution in [3.8, 4) is 0 Å². The predicted octanol–water partition coefficient (Wildman–Crippen LogP) is 1.71. The number of nitrogens with two attached hydrogens (primary N) is 1. The fourth-order valence-electron chi connectivity index (χ4n) is 2.58. The van der Waals surface area contributed by atoms with Gasteiger partial charge in [0.15, 0.2) is 0 Å². The largest absolute Gasteiger partial charge is 0.404 e. The van der Waals surface area contributed by atoms with Crippen LogP contribution in [-0.2, 0) is 0 Å². The Kier molecular flexibility index (Phi) is 4.66. The number of fused-ring (bicyclic) bond motifs is 1. The van der Waals surface area contributed by atoms with Crippen LogP contribution in [0.5, 0.6) is 0 Å². The van der Waals surface area contributed by atoms with Gasteiger partial charge >= 0.3 is 6.03 Å². The van der Waals surface area contributed by atoms with E-state index in [-0.39, 0.29) is 6.03 Å². The summed E-state index contributed by atoms with van der Waals surface area (Å²) in [5.41, 5.74) is 10.9. The highest BCUT2D eigenvalue weighted by Crippen LogP contribution is 2.18. The Morgan fingerprint density at radius 3 is 2.79 bits per heavy atom. The lowest BCUT2D eigenvalue weighted by atomic mass is 10.1. The van der Waals surface area contributed by atoms with E-state index < -0.39 is 0 Å². The molecule has 0 bridgehead atoms. The Morgan fingerprint density at radius 1 is 1.29 bits per heavy atom. The Labute approximate surface area is 139 Å². The number of aromatic nitrogens is 2. The summed E-state index contributed by atoms with van der Waals surface area (Å²) < 4.78 is 0. The summed E-state index contributed by atoms with van der Waals surface area (Å²) in [5.74, 6) is 0.436. The molecule has 3 heterocycles. The minimum absolute atomic E-state index is 0.310. The van der Waals surface area contributed by atoms with Crippen molar-refractivity contribution in [1.29, 1.82) is 5.41 Å². The summed E-state index contributed by atoms with van der Waals surface area (Å²) in [6.45, 7) is 1.73. The lowest BCUT2D eigenvalue weighted by Crippen LogP contribution is -2.42. The molecule has 5 N–H and O–H groups in total. The predicted molar refractivity (Wildman–Crippen MR) is 93.4 cm³/mol. The van der Waals surface area contributed by atoms with Crippen LogP contribution in [0, 0.1) is 5.41 Å². The molecule has 0 aliphatic carbocycles. The van der Waals surface area contributed by atoms with Gasteiger partial charge in [-0.2, -0.15) is 0 Å². The van der Waals surface area contributed by atoms with Gasteiger partial charge in [0.2, 0.25) is 0 Å². The van der Waals surface area contributed by atoms with Crippen LogP contribution in [0.4, 0.5) is 10.6 Å². The van der Waals surface area contributed by atoms with Crippen molar-refractivity contribution in [1.82, 2.24) is 20.4 Å². The number of anilines is 1. The molecule has 124 valence electrons. The van der Waals surface area contributed by atoms with Crippen LogP contribution in [0.3, 0.4) is 0 Å². The van der Waals surface area contributed by atoms with Gasteiger partial charge < -0.3 is 11.1 Å². The normalized spacial score (nSPS) is 15.4. The highest BCUT2D eigenvalue weighted by atomic mass is 16.2. The number of urea groups is 1. The number of rotatable bonds is 4. The van der Waals surface area contributed by atoms with E-state index in [1.54, 1.807) is 24.4 Å². The van der Waals surface area contributed by atoms with E-state index in [4.69, 9.17) is 11.1 Å². The zero-order valence-corrected chi connectivity index (χ0v) is 13.1. The molecule has 1 saturated heterocycles. The fraction of sp³-hybridized carbons (Fsp3) is 0.250. The molecule has 2 aromatic rings. The molecule has 0 saturated carbocycles. The summed E-state index contributed by atoms with van der Waals surface area (Å²) >= 11 is 0. The van der Waals surface area contributed by atoms with Crippen molar-refractivity contribution >= 4 is 34.7 Å². The van der Waals surface area contributed by atoms with E-state index in [2.05, 4.69) is 20.7 Å². The second kappa shape index (κ2) is 7.05. The van der Waals surface area contributed by atoms with E-state index in [9.17, 15) is 4.79 Å². The molecule has 0 radical (unpaired) electrons. The molecule has 1 aliphatic rings. The summed E-state index contributed by atoms with van der Waals surface area (Å²) in [5, 5.41) is 12.0. The number of nitrogens with zero attached hydrogens (tertiary/aromatic N) is 3. The van der Waals surface area contributed by atoms with Crippen LogP contribution in [0.2, 0.25) is 0 Å². The third-order valence-electron chi connectivity index (χ3n) is 3.81. The van der Waals surface area contributed by atoms with E-state index in [0.717, 1.165) is 32.1 Å². The second-order valence-electron chi connectivity index (χ2n) is 5.49. The average Bonchev–Trinajstić information content (AvgIpc) is 3.08. The molecule has 8 nitrogen and oxygen atoms in total. The van der Waals surface area contributed by atoms with Crippen LogP contribution in [0.25, 0.3) is 16.6 Å². The summed E-state index contributed by atoms with van der Waals surface area (Å²) in [4.78, 5) is 20.7. The number of pyridine rings is 2. The lowest BCUT2D eigenvalue weighted by molar-refractivity contribution is 0.209. The van der Waals surface area contributed by atoms with Crippen molar-refractivity contribution in [2.75, 3.05) is 18.4 Å². The van der Waals surface area contributed by atoms with Gasteiger partial charge in [-0.3, -0.25) is 15.7 Å². The monoisotopic (exact) mass is 325 g/mol. The number of carbonyl (C=O) groups is 1. The van der Waals surface area contributed by atoms with Crippen LogP contribution >= 0.6 is 0 Å². The van der Waals surface area contributed by atoms with E-state index in [1.807, 2.05) is 5.01 Å². The van der Waals surface area contributed by atoms with Crippen LogP contribution < -0.4 is 16.5 Å². The van der Waals surface area contributed by atoms with Gasteiger partial charge in [0, 0.05) is 42.8 Å². The van der Waals surface area contributed by atoms with Gasteiger partial charge in [0.25, 0.3) is 0 Å². The Morgan fingerprint density at radius 2 is 2.08 bits per heavy atom. The van der Waals surface area contributed by atoms with Crippen molar-refractivity contribution in [2.45, 2.75) is 12.8 Å². The number of nitrogens with one attached hydrogen (secondary N) is 3. The molecule has 24 heavy (non-hydrogen) atoms. The highest BCUT2D eigenvalue weighted by Gasteiger charge is 2.14. The van der Waals surface area contributed by atoms with Crippen LogP contribution in [0.1, 0.15) is 18.4 Å². The third-order valence-corrected chi connectivity index (χ3v) is 3.81. The minimum atomic E-state index is -0.310. The first-order chi connectivity index (χ1) is 11.7. The fourth-order valence-corrected chi connectivity index (χ4v) is 2.58. The zero-order valence-electron chi connectivity index (χ0n) is 13.1. The number of carbonyl (C=O) groups excluding carboxylic acids is 1. The molecule has 0 aromatic carbocycles. The van der Waals surface area contributed by atoms with Gasteiger partial charge in [-0.05, 0) is 31.0 Å². The molecular formula is C16H19N7O. The number of hydrogen-bond donors (Lipinski definition) is 4. The number of hydrazine groups is 1. The highest BCUT2D eigenvalue weighted by molar-refractivity contribution is 6.08.